The van der Waals surface area contributed by atoms with Crippen LogP contribution in [-0.2, 0) is 7.05 Å². The van der Waals surface area contributed by atoms with E-state index in [2.05, 4.69) is 15.4 Å². The van der Waals surface area contributed by atoms with Crippen molar-refractivity contribution in [3.05, 3.63) is 46.7 Å². The molecule has 2 heterocycles. The minimum Gasteiger partial charge on any atom is -0.497 e. The largest absolute Gasteiger partial charge is 0.497 e. The summed E-state index contributed by atoms with van der Waals surface area (Å²) in [7, 11) is 2.98. The van der Waals surface area contributed by atoms with Crippen molar-refractivity contribution in [2.24, 2.45) is 7.05 Å². The van der Waals surface area contributed by atoms with Crippen molar-refractivity contribution in [2.45, 2.75) is 6.92 Å². The minimum absolute atomic E-state index is 0.0865. The zero-order valence-corrected chi connectivity index (χ0v) is 15.0. The Morgan fingerprint density at radius 2 is 1.85 bits per heavy atom. The molecule has 0 bridgehead atoms. The lowest BCUT2D eigenvalue weighted by molar-refractivity contribution is 0.407. The number of rotatable bonds is 4. The van der Waals surface area contributed by atoms with Crippen LogP contribution in [0.1, 0.15) is 5.69 Å². The average Bonchev–Trinajstić information content (AvgIpc) is 2.83. The SMILES string of the molecule is COc1cc(F)c(-c2c(C)nn(C)c2Nc2ncc(Cl)cc2N)c(F)c1. The van der Waals surface area contributed by atoms with Gasteiger partial charge in [0, 0.05) is 25.4 Å². The van der Waals surface area contributed by atoms with Gasteiger partial charge in [-0.05, 0) is 13.0 Å². The third-order valence-corrected chi connectivity index (χ3v) is 4.05. The first-order valence-electron chi connectivity index (χ1n) is 7.56. The van der Waals surface area contributed by atoms with E-state index in [1.54, 1.807) is 14.0 Å². The van der Waals surface area contributed by atoms with E-state index in [4.69, 9.17) is 22.1 Å². The van der Waals surface area contributed by atoms with Crippen LogP contribution in [0.3, 0.4) is 0 Å². The van der Waals surface area contributed by atoms with Crippen molar-refractivity contribution in [3.8, 4) is 16.9 Å². The van der Waals surface area contributed by atoms with Crippen LogP contribution in [0.25, 0.3) is 11.1 Å². The third-order valence-electron chi connectivity index (χ3n) is 3.84. The highest BCUT2D eigenvalue weighted by atomic mass is 35.5. The molecule has 0 saturated heterocycles. The molecule has 3 rings (SSSR count). The predicted octanol–water partition coefficient (Wildman–Crippen LogP) is 4.06. The lowest BCUT2D eigenvalue weighted by Crippen LogP contribution is -2.05. The fourth-order valence-corrected chi connectivity index (χ4v) is 2.85. The zero-order chi connectivity index (χ0) is 19.0. The molecule has 136 valence electrons. The highest BCUT2D eigenvalue weighted by Crippen LogP contribution is 2.38. The number of methoxy groups -OCH3 is 1. The second-order valence-corrected chi connectivity index (χ2v) is 6.05. The van der Waals surface area contributed by atoms with Gasteiger partial charge >= 0.3 is 0 Å². The van der Waals surface area contributed by atoms with Crippen LogP contribution < -0.4 is 15.8 Å². The number of nitrogens with two attached hydrogens (primary N) is 1. The minimum atomic E-state index is -0.766. The van der Waals surface area contributed by atoms with Crippen LogP contribution in [-0.4, -0.2) is 21.9 Å². The standard InChI is InChI=1S/C17H16ClF2N5O/c1-8-14(15-11(19)5-10(26-3)6-12(15)20)17(25(2)24-8)23-16-13(21)4-9(18)7-22-16/h4-7H,21H2,1-3H3,(H,22,23). The Morgan fingerprint density at radius 1 is 1.19 bits per heavy atom. The van der Waals surface area contributed by atoms with Crippen molar-refractivity contribution in [1.82, 2.24) is 14.8 Å². The summed E-state index contributed by atoms with van der Waals surface area (Å²) in [5, 5.41) is 7.61. The number of ether oxygens (including phenoxy) is 1. The molecule has 3 aromatic rings. The lowest BCUT2D eigenvalue weighted by atomic mass is 10.0. The molecule has 6 nitrogen and oxygen atoms in total. The summed E-state index contributed by atoms with van der Waals surface area (Å²) in [5.74, 6) is -0.806. The molecule has 3 N–H and O–H groups in total. The molecule has 0 saturated carbocycles. The molecule has 0 aliphatic heterocycles. The number of nitrogens with zero attached hydrogens (tertiary/aromatic N) is 3. The maximum absolute atomic E-state index is 14.6. The van der Waals surface area contributed by atoms with Gasteiger partial charge in [-0.2, -0.15) is 5.10 Å². The molecule has 0 fully saturated rings. The Morgan fingerprint density at radius 3 is 2.42 bits per heavy atom. The van der Waals surface area contributed by atoms with Crippen LogP contribution in [0.2, 0.25) is 5.02 Å². The molecular formula is C17H16ClF2N5O. The molecule has 0 radical (unpaired) electrons. The Balaban J connectivity index is 2.16. The summed E-state index contributed by atoms with van der Waals surface area (Å²) >= 11 is 5.85. The molecule has 1 aromatic carbocycles. The van der Waals surface area contributed by atoms with Crippen molar-refractivity contribution in [3.63, 3.8) is 0 Å². The van der Waals surface area contributed by atoms with Crippen LogP contribution in [0, 0.1) is 18.6 Å². The number of nitrogen functional groups attached to an aromatic ring is 1. The van der Waals surface area contributed by atoms with E-state index in [-0.39, 0.29) is 22.6 Å². The number of hydrogen-bond donors (Lipinski definition) is 2. The van der Waals surface area contributed by atoms with Gasteiger partial charge in [0.1, 0.15) is 23.2 Å². The van der Waals surface area contributed by atoms with Gasteiger partial charge in [-0.25, -0.2) is 13.8 Å². The number of benzene rings is 1. The Labute approximate surface area is 153 Å². The fourth-order valence-electron chi connectivity index (χ4n) is 2.68. The van der Waals surface area contributed by atoms with Gasteiger partial charge in [0.25, 0.3) is 0 Å². The quantitative estimate of drug-likeness (QED) is 0.714. The summed E-state index contributed by atoms with van der Waals surface area (Å²) in [4.78, 5) is 4.11. The maximum atomic E-state index is 14.6. The van der Waals surface area contributed by atoms with Crippen LogP contribution >= 0.6 is 11.6 Å². The molecule has 0 aliphatic carbocycles. The number of aryl methyl sites for hydroxylation is 2. The average molecular weight is 380 g/mol. The molecule has 0 atom stereocenters. The number of anilines is 3. The maximum Gasteiger partial charge on any atom is 0.154 e. The van der Waals surface area contributed by atoms with Gasteiger partial charge in [0.15, 0.2) is 5.82 Å². The van der Waals surface area contributed by atoms with Crippen LogP contribution in [0.15, 0.2) is 24.4 Å². The summed E-state index contributed by atoms with van der Waals surface area (Å²) in [6.45, 7) is 1.66. The van der Waals surface area contributed by atoms with Gasteiger partial charge in [0.05, 0.1) is 34.6 Å². The van der Waals surface area contributed by atoms with Crippen molar-refractivity contribution < 1.29 is 13.5 Å². The van der Waals surface area contributed by atoms with E-state index in [0.29, 0.717) is 22.4 Å². The van der Waals surface area contributed by atoms with E-state index in [1.807, 2.05) is 0 Å². The molecule has 26 heavy (non-hydrogen) atoms. The van der Waals surface area contributed by atoms with Gasteiger partial charge in [-0.1, -0.05) is 11.6 Å². The normalized spacial score (nSPS) is 10.8. The summed E-state index contributed by atoms with van der Waals surface area (Å²) in [6, 6.07) is 3.75. The van der Waals surface area contributed by atoms with E-state index in [1.165, 1.54) is 24.1 Å². The van der Waals surface area contributed by atoms with Crippen LogP contribution in [0.5, 0.6) is 5.75 Å². The first-order valence-corrected chi connectivity index (χ1v) is 7.94. The van der Waals surface area contributed by atoms with E-state index >= 15 is 0 Å². The van der Waals surface area contributed by atoms with Gasteiger partial charge < -0.3 is 15.8 Å². The molecule has 0 spiro atoms. The monoisotopic (exact) mass is 379 g/mol. The zero-order valence-electron chi connectivity index (χ0n) is 14.3. The highest BCUT2D eigenvalue weighted by Gasteiger charge is 2.23. The Bertz CT molecular complexity index is 967. The van der Waals surface area contributed by atoms with Gasteiger partial charge in [-0.3, -0.25) is 4.68 Å². The van der Waals surface area contributed by atoms with E-state index in [0.717, 1.165) is 12.1 Å². The van der Waals surface area contributed by atoms with Gasteiger partial charge in [0.2, 0.25) is 0 Å². The summed E-state index contributed by atoms with van der Waals surface area (Å²) < 4.78 is 35.5. The number of hydrogen-bond acceptors (Lipinski definition) is 5. The molecule has 9 heteroatoms. The first kappa shape index (κ1) is 17.9. The van der Waals surface area contributed by atoms with Crippen LogP contribution in [0.4, 0.5) is 26.1 Å². The summed E-state index contributed by atoms with van der Waals surface area (Å²) in [6.07, 6.45) is 1.41. The Hall–Kier alpha value is -2.87. The third kappa shape index (κ3) is 3.15. The molecule has 0 aliphatic rings. The second kappa shape index (κ2) is 6.80. The number of halogens is 3. The lowest BCUT2D eigenvalue weighted by Gasteiger charge is -2.13. The van der Waals surface area contributed by atoms with Crippen molar-refractivity contribution >= 4 is 28.9 Å². The highest BCUT2D eigenvalue weighted by molar-refractivity contribution is 6.30. The van der Waals surface area contributed by atoms with E-state index in [9.17, 15) is 8.78 Å². The smallest absolute Gasteiger partial charge is 0.154 e. The van der Waals surface area contributed by atoms with Crippen molar-refractivity contribution in [2.75, 3.05) is 18.2 Å². The molecule has 0 unspecified atom stereocenters. The van der Waals surface area contributed by atoms with Gasteiger partial charge in [-0.15, -0.1) is 0 Å². The number of nitrogens with one attached hydrogen (secondary N) is 1. The van der Waals surface area contributed by atoms with E-state index < -0.39 is 11.6 Å². The molecular weight excluding hydrogens is 364 g/mol. The predicted molar refractivity (Wildman–Crippen MR) is 96.8 cm³/mol. The Kier molecular flexibility index (Phi) is 4.69. The molecule has 2 aromatic heterocycles. The molecule has 0 amide bonds. The number of aromatic nitrogens is 3. The first-order chi connectivity index (χ1) is 12.3. The fraction of sp³-hybridized carbons (Fsp3) is 0.176. The second-order valence-electron chi connectivity index (χ2n) is 5.62. The number of pyridine rings is 1. The van der Waals surface area contributed by atoms with Crippen molar-refractivity contribution in [1.29, 1.82) is 0 Å². The summed E-state index contributed by atoms with van der Waals surface area (Å²) in [5.41, 5.74) is 6.68. The topological polar surface area (TPSA) is 78.0 Å².